The first-order valence-corrected chi connectivity index (χ1v) is 15.5. The molecule has 2 aliphatic heterocycles. The van der Waals surface area contributed by atoms with Gasteiger partial charge in [-0.3, -0.25) is 13.9 Å². The molecule has 11 heteroatoms. The summed E-state index contributed by atoms with van der Waals surface area (Å²) in [4.78, 5) is 28.0. The van der Waals surface area contributed by atoms with Gasteiger partial charge in [-0.05, 0) is 55.2 Å². The molecular weight excluding hydrogens is 556 g/mol. The van der Waals surface area contributed by atoms with Gasteiger partial charge < -0.3 is 25.0 Å². The molecule has 2 amide bonds. The summed E-state index contributed by atoms with van der Waals surface area (Å²) in [5.41, 5.74) is 4.02. The molecule has 0 unspecified atom stereocenters. The Kier molecular flexibility index (Phi) is 8.39. The summed E-state index contributed by atoms with van der Waals surface area (Å²) in [5.74, 6) is 0.484. The number of hydrogen-bond donors (Lipinski definition) is 2. The third-order valence-corrected chi connectivity index (χ3v) is 8.53. The van der Waals surface area contributed by atoms with E-state index in [4.69, 9.17) is 9.47 Å². The molecule has 0 atom stereocenters. The lowest BCUT2D eigenvalue weighted by atomic mass is 9.99. The third kappa shape index (κ3) is 6.06. The fourth-order valence-electron chi connectivity index (χ4n) is 5.25. The average molecular weight is 591 g/mol. The summed E-state index contributed by atoms with van der Waals surface area (Å²) in [7, 11) is -0.644. The van der Waals surface area contributed by atoms with E-state index in [1.807, 2.05) is 30.3 Å². The maximum Gasteiger partial charge on any atom is 0.258 e. The Morgan fingerprint density at radius 2 is 1.60 bits per heavy atom. The van der Waals surface area contributed by atoms with Crippen molar-refractivity contribution in [2.45, 2.75) is 19.3 Å². The van der Waals surface area contributed by atoms with Crippen molar-refractivity contribution in [3.8, 4) is 11.5 Å². The van der Waals surface area contributed by atoms with Crippen molar-refractivity contribution < 1.29 is 27.5 Å². The molecule has 2 N–H and O–H groups in total. The molecule has 3 aromatic carbocycles. The highest BCUT2D eigenvalue weighted by molar-refractivity contribution is 7.92. The van der Waals surface area contributed by atoms with Crippen molar-refractivity contribution in [2.24, 2.45) is 0 Å². The molecule has 0 saturated carbocycles. The molecule has 220 valence electrons. The van der Waals surface area contributed by atoms with Gasteiger partial charge in [0, 0.05) is 30.4 Å². The van der Waals surface area contributed by atoms with Gasteiger partial charge in [-0.2, -0.15) is 0 Å². The van der Waals surface area contributed by atoms with Crippen LogP contribution in [0.25, 0.3) is 11.3 Å². The van der Waals surface area contributed by atoms with Crippen LogP contribution in [0.3, 0.4) is 0 Å². The number of benzene rings is 3. The zero-order valence-electron chi connectivity index (χ0n) is 23.8. The minimum Gasteiger partial charge on any atom is -0.493 e. The number of methoxy groups -OCH3 is 2. The van der Waals surface area contributed by atoms with Crippen LogP contribution >= 0.6 is 0 Å². The van der Waals surface area contributed by atoms with Gasteiger partial charge in [0.2, 0.25) is 15.9 Å². The quantitative estimate of drug-likeness (QED) is 0.355. The zero-order valence-corrected chi connectivity index (χ0v) is 24.7. The SMILES string of the molecule is COc1cc2c(cc1OC)C(=C(Nc1ccc(N(CC(=O)N3CCCCC3)S(C)(=O)=O)cc1)c1ccccc1)C(=O)N2. The summed E-state index contributed by atoms with van der Waals surface area (Å²) in [6.07, 6.45) is 4.02. The number of hydrogen-bond acceptors (Lipinski definition) is 7. The van der Waals surface area contributed by atoms with Crippen LogP contribution in [0.1, 0.15) is 30.4 Å². The predicted octanol–water partition coefficient (Wildman–Crippen LogP) is 4.41. The number of ether oxygens (including phenoxy) is 2. The summed E-state index contributed by atoms with van der Waals surface area (Å²) >= 11 is 0. The Morgan fingerprint density at radius 1 is 0.952 bits per heavy atom. The molecular formula is C31H34N4O6S. The number of amides is 2. The number of nitrogens with one attached hydrogen (secondary N) is 2. The van der Waals surface area contributed by atoms with Crippen molar-refractivity contribution >= 4 is 50.2 Å². The van der Waals surface area contributed by atoms with E-state index in [-0.39, 0.29) is 18.4 Å². The van der Waals surface area contributed by atoms with Crippen LogP contribution in [0.4, 0.5) is 17.1 Å². The van der Waals surface area contributed by atoms with E-state index in [0.29, 0.717) is 58.5 Å². The van der Waals surface area contributed by atoms with Gasteiger partial charge in [-0.25, -0.2) is 8.42 Å². The van der Waals surface area contributed by atoms with Crippen molar-refractivity contribution in [1.29, 1.82) is 0 Å². The Hall–Kier alpha value is -4.51. The van der Waals surface area contributed by atoms with Crippen LogP contribution in [-0.4, -0.2) is 65.2 Å². The number of rotatable bonds is 9. The topological polar surface area (TPSA) is 117 Å². The minimum absolute atomic E-state index is 0.212. The molecule has 2 aliphatic rings. The largest absolute Gasteiger partial charge is 0.493 e. The van der Waals surface area contributed by atoms with E-state index in [9.17, 15) is 18.0 Å². The van der Waals surface area contributed by atoms with Gasteiger partial charge in [0.25, 0.3) is 5.91 Å². The highest BCUT2D eigenvalue weighted by Gasteiger charge is 2.31. The molecule has 1 saturated heterocycles. The van der Waals surface area contributed by atoms with Crippen LogP contribution in [0.5, 0.6) is 11.5 Å². The van der Waals surface area contributed by atoms with E-state index < -0.39 is 10.0 Å². The fourth-order valence-corrected chi connectivity index (χ4v) is 6.10. The number of sulfonamides is 1. The Bertz CT molecular complexity index is 1620. The number of carbonyl (C=O) groups is 2. The van der Waals surface area contributed by atoms with Gasteiger partial charge in [0.05, 0.1) is 43.1 Å². The number of fused-ring (bicyclic) bond motifs is 1. The van der Waals surface area contributed by atoms with E-state index in [2.05, 4.69) is 10.6 Å². The molecule has 5 rings (SSSR count). The van der Waals surface area contributed by atoms with E-state index in [0.717, 1.165) is 35.4 Å². The van der Waals surface area contributed by atoms with Crippen molar-refractivity contribution in [2.75, 3.05) is 55.0 Å². The highest BCUT2D eigenvalue weighted by atomic mass is 32.2. The third-order valence-electron chi connectivity index (χ3n) is 7.39. The average Bonchev–Trinajstić information content (AvgIpc) is 3.32. The molecule has 42 heavy (non-hydrogen) atoms. The van der Waals surface area contributed by atoms with Crippen LogP contribution in [0, 0.1) is 0 Å². The first-order valence-electron chi connectivity index (χ1n) is 13.7. The number of nitrogens with zero attached hydrogens (tertiary/aromatic N) is 2. The predicted molar refractivity (Wildman–Crippen MR) is 164 cm³/mol. The maximum atomic E-state index is 13.3. The fraction of sp³-hybridized carbons (Fsp3) is 0.290. The molecule has 0 spiro atoms. The number of piperidine rings is 1. The second-order valence-corrected chi connectivity index (χ2v) is 12.1. The van der Waals surface area contributed by atoms with Gasteiger partial charge in [-0.15, -0.1) is 0 Å². The van der Waals surface area contributed by atoms with Crippen molar-refractivity contribution in [3.63, 3.8) is 0 Å². The second-order valence-electron chi connectivity index (χ2n) is 10.2. The van der Waals surface area contributed by atoms with Crippen molar-refractivity contribution in [1.82, 2.24) is 4.90 Å². The molecule has 3 aromatic rings. The zero-order chi connectivity index (χ0) is 29.9. The summed E-state index contributed by atoms with van der Waals surface area (Å²) in [6, 6.07) is 19.7. The molecule has 10 nitrogen and oxygen atoms in total. The summed E-state index contributed by atoms with van der Waals surface area (Å²) < 4.78 is 37.4. The van der Waals surface area contributed by atoms with Crippen LogP contribution in [0.2, 0.25) is 0 Å². The van der Waals surface area contributed by atoms with Gasteiger partial charge >= 0.3 is 0 Å². The Morgan fingerprint density at radius 3 is 2.21 bits per heavy atom. The Labute approximate surface area is 246 Å². The summed E-state index contributed by atoms with van der Waals surface area (Å²) in [6.45, 7) is 1.03. The van der Waals surface area contributed by atoms with Gasteiger partial charge in [-0.1, -0.05) is 30.3 Å². The van der Waals surface area contributed by atoms with E-state index in [1.54, 1.807) is 41.3 Å². The standard InChI is InChI=1S/C31H34N4O6S/c1-40-26-18-24-25(19-27(26)41-2)33-31(37)29(24)30(21-10-6-4-7-11-21)32-22-12-14-23(15-13-22)35(42(3,38)39)20-28(36)34-16-8-5-9-17-34/h4,6-7,10-15,18-19,32H,5,8-9,16-17,20H2,1-3H3,(H,33,37). The van der Waals surface area contributed by atoms with Crippen LogP contribution in [0.15, 0.2) is 66.7 Å². The van der Waals surface area contributed by atoms with Crippen LogP contribution in [-0.2, 0) is 19.6 Å². The normalized spacial score (nSPS) is 15.9. The minimum atomic E-state index is -3.72. The molecule has 0 aromatic heterocycles. The van der Waals surface area contributed by atoms with Gasteiger partial charge in [0.15, 0.2) is 11.5 Å². The van der Waals surface area contributed by atoms with E-state index in [1.165, 1.54) is 14.2 Å². The lowest BCUT2D eigenvalue weighted by Crippen LogP contribution is -2.44. The number of anilines is 3. The lowest BCUT2D eigenvalue weighted by molar-refractivity contribution is -0.130. The lowest BCUT2D eigenvalue weighted by Gasteiger charge is -2.30. The molecule has 2 heterocycles. The smallest absolute Gasteiger partial charge is 0.258 e. The second kappa shape index (κ2) is 12.2. The number of carbonyl (C=O) groups excluding carboxylic acids is 2. The monoisotopic (exact) mass is 590 g/mol. The van der Waals surface area contributed by atoms with E-state index >= 15 is 0 Å². The number of likely N-dealkylation sites (tertiary alicyclic amines) is 1. The van der Waals surface area contributed by atoms with Gasteiger partial charge in [0.1, 0.15) is 6.54 Å². The van der Waals surface area contributed by atoms with Crippen LogP contribution < -0.4 is 24.4 Å². The molecule has 0 aliphatic carbocycles. The first-order chi connectivity index (χ1) is 20.2. The molecule has 0 radical (unpaired) electrons. The molecule has 0 bridgehead atoms. The maximum absolute atomic E-state index is 13.3. The summed E-state index contributed by atoms with van der Waals surface area (Å²) in [5, 5.41) is 6.29. The Balaban J connectivity index is 1.49. The molecule has 1 fully saturated rings. The first kappa shape index (κ1) is 29.0. The highest BCUT2D eigenvalue weighted by Crippen LogP contribution is 2.43. The van der Waals surface area contributed by atoms with Crippen molar-refractivity contribution in [3.05, 3.63) is 77.9 Å².